The minimum Gasteiger partial charge on any atom is -0.444 e. The standard InChI is InChI=1S/C26H41N3O5/c1-15-10-11-18(16(2)12-15)21(22(31)28-25(4,5)6)29(20-13-17(20)3)23(32)19(14-30)27-24(33)34-26(7,8)9/h10-12,17,19-21,30H,13-14H2,1-9H3,(H,27,33)(H,28,31). The maximum atomic E-state index is 13.8. The van der Waals surface area contributed by atoms with E-state index in [9.17, 15) is 19.5 Å². The summed E-state index contributed by atoms with van der Waals surface area (Å²) in [6.45, 7) is 16.1. The molecule has 1 aliphatic rings. The Morgan fingerprint density at radius 3 is 2.18 bits per heavy atom. The number of nitrogens with one attached hydrogen (secondary N) is 2. The maximum Gasteiger partial charge on any atom is 0.408 e. The van der Waals surface area contributed by atoms with Crippen molar-refractivity contribution in [3.8, 4) is 0 Å². The van der Waals surface area contributed by atoms with E-state index in [4.69, 9.17) is 4.74 Å². The first-order valence-electron chi connectivity index (χ1n) is 11.9. The summed E-state index contributed by atoms with van der Waals surface area (Å²) in [6, 6.07) is 3.45. The van der Waals surface area contributed by atoms with Gasteiger partial charge in [0, 0.05) is 11.6 Å². The summed E-state index contributed by atoms with van der Waals surface area (Å²) in [7, 11) is 0. The molecule has 4 unspecified atom stereocenters. The molecular weight excluding hydrogens is 434 g/mol. The van der Waals surface area contributed by atoms with Gasteiger partial charge in [-0.3, -0.25) is 9.59 Å². The van der Waals surface area contributed by atoms with Gasteiger partial charge in [-0.05, 0) is 78.9 Å². The second-order valence-corrected chi connectivity index (χ2v) is 11.4. The van der Waals surface area contributed by atoms with Crippen LogP contribution in [0.2, 0.25) is 0 Å². The number of hydrogen-bond donors (Lipinski definition) is 3. The summed E-state index contributed by atoms with van der Waals surface area (Å²) < 4.78 is 5.28. The van der Waals surface area contributed by atoms with Gasteiger partial charge in [-0.15, -0.1) is 0 Å². The van der Waals surface area contributed by atoms with E-state index in [0.29, 0.717) is 5.56 Å². The van der Waals surface area contributed by atoms with Gasteiger partial charge in [0.05, 0.1) is 6.61 Å². The van der Waals surface area contributed by atoms with Crippen LogP contribution in [0, 0.1) is 19.8 Å². The fourth-order valence-electron chi connectivity index (χ4n) is 3.98. The zero-order valence-electron chi connectivity index (χ0n) is 22.0. The number of nitrogens with zero attached hydrogens (tertiary/aromatic N) is 1. The van der Waals surface area contributed by atoms with Crippen molar-refractivity contribution in [3.05, 3.63) is 34.9 Å². The zero-order valence-corrected chi connectivity index (χ0v) is 22.0. The summed E-state index contributed by atoms with van der Waals surface area (Å²) in [4.78, 5) is 41.3. The first kappa shape index (κ1) is 27.6. The Labute approximate surface area is 203 Å². The van der Waals surface area contributed by atoms with Gasteiger partial charge in [0.2, 0.25) is 11.8 Å². The molecule has 1 aromatic carbocycles. The van der Waals surface area contributed by atoms with Gasteiger partial charge in [-0.25, -0.2) is 4.79 Å². The van der Waals surface area contributed by atoms with Crippen LogP contribution in [0.4, 0.5) is 4.79 Å². The molecule has 3 N–H and O–H groups in total. The van der Waals surface area contributed by atoms with Crippen LogP contribution in [0.25, 0.3) is 0 Å². The summed E-state index contributed by atoms with van der Waals surface area (Å²) >= 11 is 0. The molecule has 0 radical (unpaired) electrons. The fourth-order valence-corrected chi connectivity index (χ4v) is 3.98. The van der Waals surface area contributed by atoms with Crippen LogP contribution in [0.3, 0.4) is 0 Å². The Balaban J connectivity index is 2.50. The number of carbonyl (C=O) groups is 3. The Morgan fingerprint density at radius 1 is 1.15 bits per heavy atom. The molecule has 1 aromatic rings. The largest absolute Gasteiger partial charge is 0.444 e. The van der Waals surface area contributed by atoms with Crippen LogP contribution in [-0.2, 0) is 14.3 Å². The first-order chi connectivity index (χ1) is 15.5. The number of aliphatic hydroxyl groups is 1. The smallest absolute Gasteiger partial charge is 0.408 e. The monoisotopic (exact) mass is 475 g/mol. The molecule has 0 saturated heterocycles. The van der Waals surface area contributed by atoms with Gasteiger partial charge in [0.15, 0.2) is 0 Å². The number of amides is 3. The SMILES string of the molecule is Cc1ccc(C(C(=O)NC(C)(C)C)N(C(=O)C(CO)NC(=O)OC(C)(C)C)C2CC2C)c(C)c1. The second-order valence-electron chi connectivity index (χ2n) is 11.4. The Kier molecular flexibility index (Phi) is 8.40. The molecule has 2 rings (SSSR count). The van der Waals surface area contributed by atoms with Crippen LogP contribution in [0.1, 0.15) is 77.6 Å². The Hall–Kier alpha value is -2.61. The molecule has 0 heterocycles. The molecule has 0 spiro atoms. The molecule has 3 amide bonds. The topological polar surface area (TPSA) is 108 Å². The van der Waals surface area contributed by atoms with Gasteiger partial charge in [0.25, 0.3) is 0 Å². The van der Waals surface area contributed by atoms with Crippen molar-refractivity contribution in [1.29, 1.82) is 0 Å². The van der Waals surface area contributed by atoms with Crippen LogP contribution in [0.15, 0.2) is 18.2 Å². The lowest BCUT2D eigenvalue weighted by Gasteiger charge is -2.36. The lowest BCUT2D eigenvalue weighted by Crippen LogP contribution is -2.56. The van der Waals surface area contributed by atoms with E-state index in [-0.39, 0.29) is 17.9 Å². The molecule has 1 aliphatic carbocycles. The first-order valence-corrected chi connectivity index (χ1v) is 11.9. The van der Waals surface area contributed by atoms with E-state index in [1.54, 1.807) is 25.7 Å². The van der Waals surface area contributed by atoms with Crippen LogP contribution in [0.5, 0.6) is 0 Å². The maximum absolute atomic E-state index is 13.8. The fraction of sp³-hybridized carbons (Fsp3) is 0.654. The molecule has 4 atom stereocenters. The van der Waals surface area contributed by atoms with Gasteiger partial charge in [-0.1, -0.05) is 30.7 Å². The third-order valence-corrected chi connectivity index (χ3v) is 5.60. The number of hydrogen-bond acceptors (Lipinski definition) is 5. The molecule has 8 heteroatoms. The number of alkyl carbamates (subject to hydrolysis) is 1. The van der Waals surface area contributed by atoms with Crippen LogP contribution >= 0.6 is 0 Å². The summed E-state index contributed by atoms with van der Waals surface area (Å²) in [5.41, 5.74) is 1.39. The van der Waals surface area contributed by atoms with Crippen LogP contribution in [-0.4, -0.2) is 57.7 Å². The number of aryl methyl sites for hydroxylation is 2. The van der Waals surface area contributed by atoms with Gasteiger partial charge >= 0.3 is 6.09 Å². The third kappa shape index (κ3) is 7.45. The number of ether oxygens (including phenoxy) is 1. The average molecular weight is 476 g/mol. The van der Waals surface area contributed by atoms with Gasteiger partial charge < -0.3 is 25.4 Å². The molecule has 0 aliphatic heterocycles. The summed E-state index contributed by atoms with van der Waals surface area (Å²) in [5, 5.41) is 15.5. The van der Waals surface area contributed by atoms with E-state index in [1.165, 1.54) is 0 Å². The third-order valence-electron chi connectivity index (χ3n) is 5.60. The number of carbonyl (C=O) groups excluding carboxylic acids is 3. The molecule has 1 saturated carbocycles. The van der Waals surface area contributed by atoms with Crippen molar-refractivity contribution in [3.63, 3.8) is 0 Å². The molecule has 190 valence electrons. The Bertz CT molecular complexity index is 916. The lowest BCUT2D eigenvalue weighted by atomic mass is 9.95. The average Bonchev–Trinajstić information content (AvgIpc) is 3.37. The van der Waals surface area contributed by atoms with E-state index in [2.05, 4.69) is 10.6 Å². The number of aliphatic hydroxyl groups excluding tert-OH is 1. The number of rotatable bonds is 7. The minimum atomic E-state index is -1.24. The Morgan fingerprint density at radius 2 is 1.74 bits per heavy atom. The van der Waals surface area contributed by atoms with Crippen molar-refractivity contribution >= 4 is 17.9 Å². The van der Waals surface area contributed by atoms with E-state index in [0.717, 1.165) is 17.5 Å². The lowest BCUT2D eigenvalue weighted by molar-refractivity contribution is -0.144. The van der Waals surface area contributed by atoms with Crippen LogP contribution < -0.4 is 10.6 Å². The normalized spacial score (nSPS) is 19.6. The van der Waals surface area contributed by atoms with E-state index < -0.39 is 41.8 Å². The van der Waals surface area contributed by atoms with Crippen molar-refractivity contribution in [1.82, 2.24) is 15.5 Å². The van der Waals surface area contributed by atoms with Crippen molar-refractivity contribution < 1.29 is 24.2 Å². The predicted octanol–water partition coefficient (Wildman–Crippen LogP) is 3.38. The molecular formula is C26H41N3O5. The molecule has 8 nitrogen and oxygen atoms in total. The van der Waals surface area contributed by atoms with Gasteiger partial charge in [-0.2, -0.15) is 0 Å². The van der Waals surface area contributed by atoms with E-state index in [1.807, 2.05) is 59.7 Å². The van der Waals surface area contributed by atoms with Crippen molar-refractivity contribution in [2.75, 3.05) is 6.61 Å². The minimum absolute atomic E-state index is 0.182. The molecule has 34 heavy (non-hydrogen) atoms. The quantitative estimate of drug-likeness (QED) is 0.560. The van der Waals surface area contributed by atoms with Crippen molar-refractivity contribution in [2.24, 2.45) is 5.92 Å². The van der Waals surface area contributed by atoms with Gasteiger partial charge in [0.1, 0.15) is 17.7 Å². The second kappa shape index (κ2) is 10.3. The highest BCUT2D eigenvalue weighted by Crippen LogP contribution is 2.41. The molecule has 1 fully saturated rings. The summed E-state index contributed by atoms with van der Waals surface area (Å²) in [5.74, 6) is -0.627. The highest BCUT2D eigenvalue weighted by atomic mass is 16.6. The highest BCUT2D eigenvalue weighted by Gasteiger charge is 2.48. The zero-order chi connectivity index (χ0) is 26.0. The summed E-state index contributed by atoms with van der Waals surface area (Å²) in [6.07, 6.45) is -0.0634. The molecule has 0 aromatic heterocycles. The van der Waals surface area contributed by atoms with E-state index >= 15 is 0 Å². The number of benzene rings is 1. The predicted molar refractivity (Wildman–Crippen MR) is 131 cm³/mol. The highest BCUT2D eigenvalue weighted by molar-refractivity contribution is 5.93. The van der Waals surface area contributed by atoms with Crippen molar-refractivity contribution in [2.45, 2.75) is 98.0 Å². The molecule has 0 bridgehead atoms.